The Labute approximate surface area is 86.5 Å². The molecule has 0 saturated heterocycles. The largest absolute Gasteiger partial charge is 0.391 e. The molecule has 1 aromatic rings. The Hall–Kier alpha value is -1.17. The second-order valence-electron chi connectivity index (χ2n) is 2.99. The number of rotatable bonds is 4. The van der Waals surface area contributed by atoms with Crippen LogP contribution in [0.2, 0.25) is 0 Å². The third-order valence-electron chi connectivity index (χ3n) is 1.69. The Morgan fingerprint density at radius 1 is 1.79 bits per heavy atom. The van der Waals surface area contributed by atoms with E-state index in [0.29, 0.717) is 5.82 Å². The summed E-state index contributed by atoms with van der Waals surface area (Å²) in [7, 11) is 0. The van der Waals surface area contributed by atoms with Crippen molar-refractivity contribution < 1.29 is 0 Å². The van der Waals surface area contributed by atoms with Crippen LogP contribution in [0.3, 0.4) is 0 Å². The van der Waals surface area contributed by atoms with Crippen LogP contribution in [0.4, 0.5) is 11.5 Å². The van der Waals surface area contributed by atoms with Crippen molar-refractivity contribution in [1.29, 1.82) is 0 Å². The number of nitrogens with two attached hydrogens (primary N) is 1. The van der Waals surface area contributed by atoms with E-state index in [-0.39, 0.29) is 17.3 Å². The summed E-state index contributed by atoms with van der Waals surface area (Å²) in [4.78, 5) is 17.5. The monoisotopic (exact) mass is 214 g/mol. The van der Waals surface area contributed by atoms with E-state index in [0.717, 1.165) is 5.75 Å². The van der Waals surface area contributed by atoms with E-state index in [1.165, 1.54) is 6.33 Å². The summed E-state index contributed by atoms with van der Waals surface area (Å²) >= 11 is 1.72. The van der Waals surface area contributed by atoms with Crippen LogP contribution in [0.15, 0.2) is 11.1 Å². The summed E-state index contributed by atoms with van der Waals surface area (Å²) in [6, 6.07) is 0.238. The highest BCUT2D eigenvalue weighted by Crippen LogP contribution is 2.10. The Balaban J connectivity index is 2.76. The molecular weight excluding hydrogens is 200 g/mol. The lowest BCUT2D eigenvalue weighted by atomic mass is 10.3. The molecule has 4 N–H and O–H groups in total. The minimum absolute atomic E-state index is 0.139. The minimum Gasteiger partial charge on any atom is -0.391 e. The number of thioether (sulfide) groups is 1. The predicted octanol–water partition coefficient (Wildman–Crippen LogP) is 0.516. The van der Waals surface area contributed by atoms with E-state index in [2.05, 4.69) is 15.3 Å². The fourth-order valence-electron chi connectivity index (χ4n) is 1.05. The standard InChI is InChI=1S/C8H14N4OS/c1-5(3-14-2)12-7-6(9)8(13)11-4-10-7/h4-5H,3,9H2,1-2H3,(H2,10,11,12,13). The smallest absolute Gasteiger partial charge is 0.276 e. The van der Waals surface area contributed by atoms with Gasteiger partial charge in [-0.15, -0.1) is 0 Å². The molecule has 0 aromatic carbocycles. The summed E-state index contributed by atoms with van der Waals surface area (Å²) in [5.74, 6) is 1.39. The topological polar surface area (TPSA) is 83.8 Å². The van der Waals surface area contributed by atoms with Crippen LogP contribution in [-0.4, -0.2) is 28.0 Å². The average Bonchev–Trinajstić information content (AvgIpc) is 2.13. The number of hydrogen-bond acceptors (Lipinski definition) is 5. The molecule has 6 heteroatoms. The molecule has 78 valence electrons. The first-order valence-electron chi connectivity index (χ1n) is 4.23. The van der Waals surface area contributed by atoms with E-state index in [1.807, 2.05) is 13.2 Å². The molecule has 1 heterocycles. The molecule has 0 amide bonds. The summed E-state index contributed by atoms with van der Waals surface area (Å²) in [6.45, 7) is 2.01. The number of nitrogens with one attached hydrogen (secondary N) is 2. The van der Waals surface area contributed by atoms with Crippen molar-refractivity contribution >= 4 is 23.3 Å². The number of nitrogen functional groups attached to an aromatic ring is 1. The van der Waals surface area contributed by atoms with Gasteiger partial charge in [-0.3, -0.25) is 4.79 Å². The maximum absolute atomic E-state index is 11.1. The van der Waals surface area contributed by atoms with Crippen LogP contribution >= 0.6 is 11.8 Å². The Morgan fingerprint density at radius 3 is 3.14 bits per heavy atom. The lowest BCUT2D eigenvalue weighted by Crippen LogP contribution is -2.23. The third-order valence-corrected chi connectivity index (χ3v) is 2.52. The second-order valence-corrected chi connectivity index (χ2v) is 3.91. The number of nitrogens with zero attached hydrogens (tertiary/aromatic N) is 1. The van der Waals surface area contributed by atoms with E-state index in [4.69, 9.17) is 5.73 Å². The molecule has 0 saturated carbocycles. The van der Waals surface area contributed by atoms with Gasteiger partial charge in [-0.2, -0.15) is 11.8 Å². The molecule has 5 nitrogen and oxygen atoms in total. The van der Waals surface area contributed by atoms with Gasteiger partial charge in [0.15, 0.2) is 5.82 Å². The van der Waals surface area contributed by atoms with Crippen LogP contribution in [0.5, 0.6) is 0 Å². The SMILES string of the molecule is CSCC(C)Nc1nc[nH]c(=O)c1N. The van der Waals surface area contributed by atoms with Crippen LogP contribution in [0.1, 0.15) is 6.92 Å². The van der Waals surface area contributed by atoms with Crippen LogP contribution in [0, 0.1) is 0 Å². The molecule has 1 rings (SSSR count). The van der Waals surface area contributed by atoms with Gasteiger partial charge in [-0.25, -0.2) is 4.98 Å². The third kappa shape index (κ3) is 2.66. The van der Waals surface area contributed by atoms with Crippen LogP contribution < -0.4 is 16.6 Å². The number of hydrogen-bond donors (Lipinski definition) is 3. The molecule has 1 unspecified atom stereocenters. The van der Waals surface area contributed by atoms with Gasteiger partial charge in [0.2, 0.25) is 0 Å². The number of H-pyrrole nitrogens is 1. The fraction of sp³-hybridized carbons (Fsp3) is 0.500. The zero-order chi connectivity index (χ0) is 10.6. The number of aromatic amines is 1. The minimum atomic E-state index is -0.307. The Bertz CT molecular complexity index is 351. The Kier molecular flexibility index (Phi) is 3.82. The summed E-state index contributed by atoms with van der Waals surface area (Å²) < 4.78 is 0. The van der Waals surface area contributed by atoms with Crippen LogP contribution in [-0.2, 0) is 0 Å². The van der Waals surface area contributed by atoms with Gasteiger partial charge in [-0.1, -0.05) is 0 Å². The van der Waals surface area contributed by atoms with Gasteiger partial charge in [-0.05, 0) is 13.2 Å². The van der Waals surface area contributed by atoms with Gasteiger partial charge in [0.05, 0.1) is 6.33 Å². The van der Waals surface area contributed by atoms with Gasteiger partial charge in [0, 0.05) is 11.8 Å². The highest BCUT2D eigenvalue weighted by Gasteiger charge is 2.07. The molecule has 1 aromatic heterocycles. The normalized spacial score (nSPS) is 12.4. The summed E-state index contributed by atoms with van der Waals surface area (Å²) in [6.07, 6.45) is 3.36. The molecule has 0 aliphatic rings. The fourth-order valence-corrected chi connectivity index (χ4v) is 1.63. The highest BCUT2D eigenvalue weighted by molar-refractivity contribution is 7.98. The second kappa shape index (κ2) is 4.90. The van der Waals surface area contributed by atoms with Gasteiger partial charge < -0.3 is 16.0 Å². The molecule has 0 aliphatic carbocycles. The van der Waals surface area contributed by atoms with Gasteiger partial charge in [0.25, 0.3) is 5.56 Å². The van der Waals surface area contributed by atoms with E-state index in [9.17, 15) is 4.79 Å². The van der Waals surface area contributed by atoms with Gasteiger partial charge >= 0.3 is 0 Å². The van der Waals surface area contributed by atoms with Crippen molar-refractivity contribution in [3.05, 3.63) is 16.7 Å². The predicted molar refractivity (Wildman–Crippen MR) is 60.7 cm³/mol. The van der Waals surface area contributed by atoms with Crippen molar-refractivity contribution in [3.8, 4) is 0 Å². The van der Waals surface area contributed by atoms with Gasteiger partial charge in [0.1, 0.15) is 5.69 Å². The van der Waals surface area contributed by atoms with Crippen molar-refractivity contribution in [2.24, 2.45) is 0 Å². The average molecular weight is 214 g/mol. The maximum Gasteiger partial charge on any atom is 0.276 e. The number of aromatic nitrogens is 2. The molecular formula is C8H14N4OS. The zero-order valence-electron chi connectivity index (χ0n) is 8.20. The highest BCUT2D eigenvalue weighted by atomic mass is 32.2. The lowest BCUT2D eigenvalue weighted by Gasteiger charge is -2.13. The summed E-state index contributed by atoms with van der Waals surface area (Å²) in [5, 5.41) is 3.07. The molecule has 0 spiro atoms. The molecule has 1 atom stereocenters. The van der Waals surface area contributed by atoms with Crippen molar-refractivity contribution in [2.45, 2.75) is 13.0 Å². The summed E-state index contributed by atoms with van der Waals surface area (Å²) in [5.41, 5.74) is 5.38. The molecule has 14 heavy (non-hydrogen) atoms. The van der Waals surface area contributed by atoms with Crippen LogP contribution in [0.25, 0.3) is 0 Å². The molecule has 0 bridgehead atoms. The first-order valence-corrected chi connectivity index (χ1v) is 5.63. The number of anilines is 2. The van der Waals surface area contributed by atoms with Crippen molar-refractivity contribution in [2.75, 3.05) is 23.1 Å². The van der Waals surface area contributed by atoms with Crippen molar-refractivity contribution in [3.63, 3.8) is 0 Å². The first-order chi connectivity index (χ1) is 6.65. The molecule has 0 fully saturated rings. The van der Waals surface area contributed by atoms with Crippen molar-refractivity contribution in [1.82, 2.24) is 9.97 Å². The zero-order valence-corrected chi connectivity index (χ0v) is 9.02. The Morgan fingerprint density at radius 2 is 2.50 bits per heavy atom. The lowest BCUT2D eigenvalue weighted by molar-refractivity contribution is 0.899. The van der Waals surface area contributed by atoms with E-state index < -0.39 is 0 Å². The quantitative estimate of drug-likeness (QED) is 0.680. The van der Waals surface area contributed by atoms with E-state index in [1.54, 1.807) is 11.8 Å². The maximum atomic E-state index is 11.1. The van der Waals surface area contributed by atoms with E-state index >= 15 is 0 Å². The first kappa shape index (κ1) is 10.9. The molecule has 0 radical (unpaired) electrons. The molecule has 0 aliphatic heterocycles.